The lowest BCUT2D eigenvalue weighted by molar-refractivity contribution is 0.102. The molecule has 0 saturated heterocycles. The smallest absolute Gasteiger partial charge is 0.258 e. The second-order valence-corrected chi connectivity index (χ2v) is 7.74. The van der Waals surface area contributed by atoms with E-state index in [1.165, 1.54) is 0 Å². The second kappa shape index (κ2) is 6.16. The fraction of sp³-hybridized carbons (Fsp3) is 0.200. The number of tetrazole rings is 1. The molecular weight excluding hydrogens is 369 g/mol. The average molecular weight is 380 g/mol. The Morgan fingerprint density at radius 1 is 1.29 bits per heavy atom. The lowest BCUT2D eigenvalue weighted by atomic mass is 10.2. The Bertz CT molecular complexity index is 918. The molecule has 4 rings (SSSR count). The lowest BCUT2D eigenvalue weighted by Gasteiger charge is -2.07. The Morgan fingerprint density at radius 3 is 2.83 bits per heavy atom. The van der Waals surface area contributed by atoms with Gasteiger partial charge in [-0.15, -0.1) is 16.4 Å². The van der Waals surface area contributed by atoms with Crippen LogP contribution < -0.4 is 5.32 Å². The van der Waals surface area contributed by atoms with Gasteiger partial charge in [0, 0.05) is 11.3 Å². The molecule has 9 heteroatoms. The number of hydrogen-bond donors (Lipinski definition) is 1. The van der Waals surface area contributed by atoms with Gasteiger partial charge in [-0.3, -0.25) is 4.79 Å². The first-order chi connectivity index (χ1) is 11.6. The van der Waals surface area contributed by atoms with Crippen molar-refractivity contribution < 1.29 is 4.79 Å². The third-order valence-electron chi connectivity index (χ3n) is 3.67. The van der Waals surface area contributed by atoms with Gasteiger partial charge in [-0.2, -0.15) is 0 Å². The van der Waals surface area contributed by atoms with E-state index in [-0.39, 0.29) is 5.91 Å². The number of rotatable bonds is 4. The predicted molar refractivity (Wildman–Crippen MR) is 93.8 cm³/mol. The number of nitrogens with zero attached hydrogens (tertiary/aromatic N) is 4. The third kappa shape index (κ3) is 3.02. The molecule has 2 aromatic heterocycles. The van der Waals surface area contributed by atoms with Gasteiger partial charge in [-0.1, -0.05) is 35.3 Å². The van der Waals surface area contributed by atoms with Gasteiger partial charge < -0.3 is 5.32 Å². The molecule has 1 aliphatic carbocycles. The highest BCUT2D eigenvalue weighted by atomic mass is 35.5. The Labute approximate surface area is 151 Å². The molecule has 0 spiro atoms. The predicted octanol–water partition coefficient (Wildman–Crippen LogP) is 4.30. The molecule has 1 saturated carbocycles. The maximum Gasteiger partial charge on any atom is 0.258 e. The van der Waals surface area contributed by atoms with Crippen molar-refractivity contribution >= 4 is 46.1 Å². The van der Waals surface area contributed by atoms with Crippen molar-refractivity contribution in [2.24, 2.45) is 0 Å². The number of halogens is 2. The first kappa shape index (κ1) is 15.6. The number of amides is 1. The molecule has 1 aromatic carbocycles. The third-order valence-corrected chi connectivity index (χ3v) is 5.15. The highest BCUT2D eigenvalue weighted by molar-refractivity contribution is 7.20. The van der Waals surface area contributed by atoms with Crippen molar-refractivity contribution in [3.8, 4) is 11.4 Å². The van der Waals surface area contributed by atoms with Crippen molar-refractivity contribution in [1.29, 1.82) is 0 Å². The quantitative estimate of drug-likeness (QED) is 0.733. The second-order valence-electron chi connectivity index (χ2n) is 5.45. The van der Waals surface area contributed by atoms with Crippen LogP contribution in [0.15, 0.2) is 30.3 Å². The lowest BCUT2D eigenvalue weighted by Crippen LogP contribution is -2.11. The Hall–Kier alpha value is -1.96. The first-order valence-corrected chi connectivity index (χ1v) is 8.83. The van der Waals surface area contributed by atoms with Crippen LogP contribution in [-0.4, -0.2) is 26.1 Å². The highest BCUT2D eigenvalue weighted by Gasteiger charge is 2.28. The van der Waals surface area contributed by atoms with Crippen molar-refractivity contribution in [2.45, 2.75) is 18.9 Å². The molecule has 1 amide bonds. The van der Waals surface area contributed by atoms with Gasteiger partial charge in [0.05, 0.1) is 15.9 Å². The van der Waals surface area contributed by atoms with E-state index < -0.39 is 0 Å². The maximum absolute atomic E-state index is 12.3. The zero-order valence-corrected chi connectivity index (χ0v) is 14.6. The Balaban J connectivity index is 1.60. The molecule has 24 heavy (non-hydrogen) atoms. The number of carbonyl (C=O) groups is 1. The fourth-order valence-electron chi connectivity index (χ4n) is 2.38. The molecule has 1 aliphatic rings. The first-order valence-electron chi connectivity index (χ1n) is 7.26. The van der Waals surface area contributed by atoms with Gasteiger partial charge in [0.15, 0.2) is 5.82 Å². The van der Waals surface area contributed by atoms with E-state index in [0.717, 1.165) is 29.7 Å². The standard InChI is InChI=1S/C15H11Cl2N5OS/c16-12-7-11(13(17)24-12)15(23)18-9-3-1-2-8(6-9)14-19-20-21-22(14)10-4-5-10/h1-3,6-7,10H,4-5H2,(H,18,23). The van der Waals surface area contributed by atoms with Crippen LogP contribution in [0.25, 0.3) is 11.4 Å². The van der Waals surface area contributed by atoms with E-state index in [0.29, 0.717) is 31.8 Å². The summed E-state index contributed by atoms with van der Waals surface area (Å²) in [4.78, 5) is 12.3. The van der Waals surface area contributed by atoms with E-state index in [2.05, 4.69) is 20.8 Å². The number of nitrogens with one attached hydrogen (secondary N) is 1. The molecule has 0 aliphatic heterocycles. The molecule has 0 bridgehead atoms. The monoisotopic (exact) mass is 379 g/mol. The maximum atomic E-state index is 12.3. The summed E-state index contributed by atoms with van der Waals surface area (Å²) in [5, 5.41) is 14.7. The highest BCUT2D eigenvalue weighted by Crippen LogP contribution is 2.37. The van der Waals surface area contributed by atoms with Crippen LogP contribution in [0.2, 0.25) is 8.67 Å². The summed E-state index contributed by atoms with van der Waals surface area (Å²) >= 11 is 13.1. The summed E-state index contributed by atoms with van der Waals surface area (Å²) < 4.78 is 2.67. The number of thiophene rings is 1. The van der Waals surface area contributed by atoms with E-state index >= 15 is 0 Å². The minimum Gasteiger partial charge on any atom is -0.322 e. The van der Waals surface area contributed by atoms with Crippen molar-refractivity contribution in [3.05, 3.63) is 44.6 Å². The van der Waals surface area contributed by atoms with Crippen molar-refractivity contribution in [1.82, 2.24) is 20.2 Å². The SMILES string of the molecule is O=C(Nc1cccc(-c2nnnn2C2CC2)c1)c1cc(Cl)sc1Cl. The van der Waals surface area contributed by atoms with Crippen LogP contribution in [0.3, 0.4) is 0 Å². The largest absolute Gasteiger partial charge is 0.322 e. The van der Waals surface area contributed by atoms with Gasteiger partial charge in [-0.05, 0) is 41.5 Å². The van der Waals surface area contributed by atoms with Crippen LogP contribution in [0.5, 0.6) is 0 Å². The van der Waals surface area contributed by atoms with Crippen LogP contribution in [0.4, 0.5) is 5.69 Å². The number of aromatic nitrogens is 4. The van der Waals surface area contributed by atoms with E-state index in [9.17, 15) is 4.79 Å². The van der Waals surface area contributed by atoms with Gasteiger partial charge in [-0.25, -0.2) is 4.68 Å². The molecular formula is C15H11Cl2N5OS. The van der Waals surface area contributed by atoms with Gasteiger partial charge >= 0.3 is 0 Å². The van der Waals surface area contributed by atoms with E-state index in [1.807, 2.05) is 22.9 Å². The summed E-state index contributed by atoms with van der Waals surface area (Å²) in [6.07, 6.45) is 2.18. The van der Waals surface area contributed by atoms with Gasteiger partial charge in [0.1, 0.15) is 4.34 Å². The van der Waals surface area contributed by atoms with E-state index in [1.54, 1.807) is 12.1 Å². The molecule has 6 nitrogen and oxygen atoms in total. The summed E-state index contributed by atoms with van der Waals surface area (Å²) in [5.41, 5.74) is 1.85. The molecule has 122 valence electrons. The summed E-state index contributed by atoms with van der Waals surface area (Å²) in [5.74, 6) is 0.396. The number of benzene rings is 1. The zero-order chi connectivity index (χ0) is 16.7. The summed E-state index contributed by atoms with van der Waals surface area (Å²) in [6, 6.07) is 9.33. The van der Waals surface area contributed by atoms with Gasteiger partial charge in [0.25, 0.3) is 5.91 Å². The van der Waals surface area contributed by atoms with Crippen LogP contribution in [0, 0.1) is 0 Å². The zero-order valence-electron chi connectivity index (χ0n) is 12.2. The number of carbonyl (C=O) groups excluding carboxylic acids is 1. The van der Waals surface area contributed by atoms with Crippen molar-refractivity contribution in [3.63, 3.8) is 0 Å². The number of anilines is 1. The van der Waals surface area contributed by atoms with Crippen LogP contribution in [-0.2, 0) is 0 Å². The molecule has 2 heterocycles. The normalized spacial score (nSPS) is 13.9. The molecule has 0 unspecified atom stereocenters. The minimum atomic E-state index is -0.304. The molecule has 1 N–H and O–H groups in total. The van der Waals surface area contributed by atoms with E-state index in [4.69, 9.17) is 23.2 Å². The van der Waals surface area contributed by atoms with Crippen molar-refractivity contribution in [2.75, 3.05) is 5.32 Å². The fourth-order valence-corrected chi connectivity index (χ4v) is 3.84. The van der Waals surface area contributed by atoms with Crippen LogP contribution in [0.1, 0.15) is 29.2 Å². The Kier molecular flexibility index (Phi) is 3.99. The molecule has 0 radical (unpaired) electrons. The Morgan fingerprint density at radius 2 is 2.12 bits per heavy atom. The number of hydrogen-bond acceptors (Lipinski definition) is 5. The summed E-state index contributed by atoms with van der Waals surface area (Å²) in [7, 11) is 0. The van der Waals surface area contributed by atoms with Crippen LogP contribution >= 0.6 is 34.5 Å². The molecule has 3 aromatic rings. The topological polar surface area (TPSA) is 72.7 Å². The minimum absolute atomic E-state index is 0.304. The summed E-state index contributed by atoms with van der Waals surface area (Å²) in [6.45, 7) is 0. The van der Waals surface area contributed by atoms with Gasteiger partial charge in [0.2, 0.25) is 0 Å². The molecule has 0 atom stereocenters. The average Bonchev–Trinajstić information content (AvgIpc) is 3.18. The molecule has 1 fully saturated rings.